The highest BCUT2D eigenvalue weighted by atomic mass is 35.5. The van der Waals surface area contributed by atoms with Crippen molar-refractivity contribution in [3.63, 3.8) is 0 Å². The van der Waals surface area contributed by atoms with Crippen molar-refractivity contribution >= 4 is 34.4 Å². The molecule has 0 spiro atoms. The van der Waals surface area contributed by atoms with Crippen LogP contribution in [0.15, 0.2) is 70.7 Å². The summed E-state index contributed by atoms with van der Waals surface area (Å²) < 4.78 is 14.9. The summed E-state index contributed by atoms with van der Waals surface area (Å²) in [6, 6.07) is 14.6. The number of rotatable bonds is 3. The molecule has 0 radical (unpaired) electrons. The fraction of sp³-hybridized carbons (Fsp3) is 0.0500. The summed E-state index contributed by atoms with van der Waals surface area (Å²) in [6.45, 7) is 0. The van der Waals surface area contributed by atoms with Gasteiger partial charge in [0.1, 0.15) is 5.82 Å². The minimum atomic E-state index is -0.377. The van der Waals surface area contributed by atoms with Gasteiger partial charge in [0.15, 0.2) is 10.8 Å². The zero-order valence-electron chi connectivity index (χ0n) is 14.2. The van der Waals surface area contributed by atoms with Crippen LogP contribution in [0.1, 0.15) is 0 Å². The number of hydrogen-bond donors (Lipinski definition) is 0. The van der Waals surface area contributed by atoms with E-state index in [1.54, 1.807) is 42.6 Å². The zero-order valence-corrected chi connectivity index (χ0v) is 15.8. The van der Waals surface area contributed by atoms with Gasteiger partial charge >= 0.3 is 0 Å². The van der Waals surface area contributed by atoms with Gasteiger partial charge in [-0.25, -0.2) is 14.4 Å². The van der Waals surface area contributed by atoms with E-state index in [1.807, 2.05) is 12.3 Å². The number of hydrogen-bond acceptors (Lipinski definition) is 4. The molecule has 27 heavy (non-hydrogen) atoms. The molecule has 2 heterocycles. The van der Waals surface area contributed by atoms with Crippen LogP contribution in [0.25, 0.3) is 27.8 Å². The predicted octanol–water partition coefficient (Wildman–Crippen LogP) is 4.96. The first-order valence-electron chi connectivity index (χ1n) is 8.06. The first-order valence-corrected chi connectivity index (χ1v) is 9.66. The SMILES string of the molecule is CSc1ncc2cc(-c3ccccc3Cl)c(=O)n(-c3ccc(F)cc3)c2n1. The van der Waals surface area contributed by atoms with E-state index in [0.717, 1.165) is 0 Å². The summed E-state index contributed by atoms with van der Waals surface area (Å²) in [5.74, 6) is -0.377. The van der Waals surface area contributed by atoms with Gasteiger partial charge in [0.2, 0.25) is 0 Å². The Morgan fingerprint density at radius 3 is 2.52 bits per heavy atom. The fourth-order valence-electron chi connectivity index (χ4n) is 2.88. The van der Waals surface area contributed by atoms with Gasteiger partial charge in [-0.2, -0.15) is 0 Å². The highest BCUT2D eigenvalue weighted by Crippen LogP contribution is 2.28. The minimum Gasteiger partial charge on any atom is -0.268 e. The lowest BCUT2D eigenvalue weighted by Gasteiger charge is -2.13. The number of aromatic nitrogens is 3. The van der Waals surface area contributed by atoms with Crippen molar-refractivity contribution in [1.29, 1.82) is 0 Å². The lowest BCUT2D eigenvalue weighted by Crippen LogP contribution is -2.21. The maximum absolute atomic E-state index is 13.4. The Morgan fingerprint density at radius 2 is 1.81 bits per heavy atom. The van der Waals surface area contributed by atoms with Gasteiger partial charge in [0, 0.05) is 27.7 Å². The largest absolute Gasteiger partial charge is 0.268 e. The van der Waals surface area contributed by atoms with E-state index in [9.17, 15) is 9.18 Å². The lowest BCUT2D eigenvalue weighted by atomic mass is 10.1. The smallest absolute Gasteiger partial charge is 0.264 e. The van der Waals surface area contributed by atoms with E-state index >= 15 is 0 Å². The van der Waals surface area contributed by atoms with Crippen LogP contribution in [0.3, 0.4) is 0 Å². The molecule has 0 aliphatic heterocycles. The van der Waals surface area contributed by atoms with Crippen LogP contribution >= 0.6 is 23.4 Å². The summed E-state index contributed by atoms with van der Waals surface area (Å²) >= 11 is 7.70. The van der Waals surface area contributed by atoms with Gasteiger partial charge in [-0.05, 0) is 42.7 Å². The summed E-state index contributed by atoms with van der Waals surface area (Å²) in [6.07, 6.45) is 3.54. The maximum Gasteiger partial charge on any atom is 0.264 e. The Balaban J connectivity index is 2.11. The van der Waals surface area contributed by atoms with Gasteiger partial charge in [0.25, 0.3) is 5.56 Å². The summed E-state index contributed by atoms with van der Waals surface area (Å²) in [4.78, 5) is 22.2. The molecule has 0 atom stereocenters. The number of thioether (sulfide) groups is 1. The molecule has 0 aliphatic carbocycles. The third-order valence-corrected chi connectivity index (χ3v) is 5.04. The molecule has 0 N–H and O–H groups in total. The molecule has 0 saturated heterocycles. The minimum absolute atomic E-state index is 0.284. The van der Waals surface area contributed by atoms with E-state index < -0.39 is 0 Å². The van der Waals surface area contributed by atoms with Gasteiger partial charge in [-0.15, -0.1) is 0 Å². The van der Waals surface area contributed by atoms with Gasteiger partial charge < -0.3 is 0 Å². The third kappa shape index (κ3) is 3.22. The molecule has 2 aromatic heterocycles. The van der Waals surface area contributed by atoms with Gasteiger partial charge in [-0.1, -0.05) is 41.6 Å². The second kappa shape index (κ2) is 7.13. The molecule has 0 unspecified atom stereocenters. The van der Waals surface area contributed by atoms with Crippen LogP contribution in [0.5, 0.6) is 0 Å². The van der Waals surface area contributed by atoms with E-state index in [4.69, 9.17) is 11.6 Å². The molecule has 2 aromatic carbocycles. The fourth-order valence-corrected chi connectivity index (χ4v) is 3.46. The van der Waals surface area contributed by atoms with Gasteiger partial charge in [0.05, 0.1) is 5.69 Å². The predicted molar refractivity (Wildman–Crippen MR) is 107 cm³/mol. The van der Waals surface area contributed by atoms with Crippen LogP contribution in [0.2, 0.25) is 5.02 Å². The molecule has 0 amide bonds. The van der Waals surface area contributed by atoms with Crippen LogP contribution in [-0.2, 0) is 0 Å². The molecular formula is C20H13ClFN3OS. The molecule has 4 aromatic rings. The Morgan fingerprint density at radius 1 is 1.07 bits per heavy atom. The molecule has 134 valence electrons. The Kier molecular flexibility index (Phi) is 4.68. The van der Waals surface area contributed by atoms with E-state index in [2.05, 4.69) is 9.97 Å². The van der Waals surface area contributed by atoms with E-state index in [-0.39, 0.29) is 11.4 Å². The molecule has 0 fully saturated rings. The second-order valence-corrected chi connectivity index (χ2v) is 6.97. The molecular weight excluding hydrogens is 385 g/mol. The quantitative estimate of drug-likeness (QED) is 0.362. The molecule has 4 nitrogen and oxygen atoms in total. The average molecular weight is 398 g/mol. The van der Waals surface area contributed by atoms with Crippen molar-refractivity contribution in [2.45, 2.75) is 5.16 Å². The standard InChI is InChI=1S/C20H13ClFN3OS/c1-27-20-23-11-12-10-16(15-4-2-3-5-17(15)21)19(26)25(18(12)24-20)14-8-6-13(22)7-9-14/h2-11H,1H3. The van der Waals surface area contributed by atoms with E-state index in [0.29, 0.717) is 38.0 Å². The highest BCUT2D eigenvalue weighted by molar-refractivity contribution is 7.98. The topological polar surface area (TPSA) is 47.8 Å². The monoisotopic (exact) mass is 397 g/mol. The van der Waals surface area contributed by atoms with Crippen molar-refractivity contribution in [3.05, 3.63) is 82.0 Å². The number of benzene rings is 2. The number of fused-ring (bicyclic) bond motifs is 1. The van der Waals surface area contributed by atoms with E-state index in [1.165, 1.54) is 28.5 Å². The van der Waals surface area contributed by atoms with Crippen molar-refractivity contribution in [2.75, 3.05) is 6.26 Å². The molecule has 4 rings (SSSR count). The zero-order chi connectivity index (χ0) is 19.0. The third-order valence-electron chi connectivity index (χ3n) is 4.15. The second-order valence-electron chi connectivity index (χ2n) is 5.79. The van der Waals surface area contributed by atoms with Crippen molar-refractivity contribution in [1.82, 2.24) is 14.5 Å². The van der Waals surface area contributed by atoms with Gasteiger partial charge in [-0.3, -0.25) is 9.36 Å². The van der Waals surface area contributed by atoms with Crippen molar-refractivity contribution in [3.8, 4) is 16.8 Å². The highest BCUT2D eigenvalue weighted by Gasteiger charge is 2.16. The molecule has 0 aliphatic rings. The average Bonchev–Trinajstić information content (AvgIpc) is 2.69. The summed E-state index contributed by atoms with van der Waals surface area (Å²) in [7, 11) is 0. The van der Waals surface area contributed by atoms with Crippen LogP contribution in [0.4, 0.5) is 4.39 Å². The maximum atomic E-state index is 13.4. The number of nitrogens with zero attached hydrogens (tertiary/aromatic N) is 3. The summed E-state index contributed by atoms with van der Waals surface area (Å²) in [5.41, 5.74) is 1.74. The normalized spacial score (nSPS) is 11.1. The molecule has 0 saturated carbocycles. The number of pyridine rings is 1. The van der Waals surface area contributed by atoms with Crippen LogP contribution in [0, 0.1) is 5.82 Å². The van der Waals surface area contributed by atoms with Crippen molar-refractivity contribution in [2.24, 2.45) is 0 Å². The van der Waals surface area contributed by atoms with Crippen molar-refractivity contribution < 1.29 is 4.39 Å². The lowest BCUT2D eigenvalue weighted by molar-refractivity contribution is 0.627. The first-order chi connectivity index (χ1) is 13.1. The molecule has 7 heteroatoms. The Bertz CT molecular complexity index is 1210. The Hall–Kier alpha value is -2.70. The number of halogens is 2. The van der Waals surface area contributed by atoms with Crippen LogP contribution < -0.4 is 5.56 Å². The summed E-state index contributed by atoms with van der Waals surface area (Å²) in [5, 5.41) is 1.70. The first kappa shape index (κ1) is 17.7. The molecule has 0 bridgehead atoms. The Labute approximate surface area is 163 Å². The van der Waals surface area contributed by atoms with Crippen LogP contribution in [-0.4, -0.2) is 20.8 Å².